The van der Waals surface area contributed by atoms with Crippen LogP contribution in [0.1, 0.15) is 27.2 Å². The molecule has 0 saturated carbocycles. The van der Waals surface area contributed by atoms with E-state index in [9.17, 15) is 4.79 Å². The lowest BCUT2D eigenvalue weighted by atomic mass is 10.0. The van der Waals surface area contributed by atoms with Crippen LogP contribution in [0.25, 0.3) is 0 Å². The number of carbonyl (C=O) groups is 1. The number of aliphatic hydroxyl groups excluding tert-OH is 1. The summed E-state index contributed by atoms with van der Waals surface area (Å²) in [5, 5.41) is 9.03. The Balaban J connectivity index is 4.42. The van der Waals surface area contributed by atoms with Crippen molar-refractivity contribution in [3.8, 4) is 0 Å². The first-order valence-electron chi connectivity index (χ1n) is 4.51. The highest BCUT2D eigenvalue weighted by atomic mass is 16.3. The van der Waals surface area contributed by atoms with E-state index < -0.39 is 11.6 Å². The first kappa shape index (κ1) is 12.4. The molecular weight excluding hydrogens is 168 g/mol. The monoisotopic (exact) mass is 188 g/mol. The van der Waals surface area contributed by atoms with Crippen molar-refractivity contribution in [1.82, 2.24) is 4.90 Å². The molecule has 0 unspecified atom stereocenters. The van der Waals surface area contributed by atoms with Crippen molar-refractivity contribution in [3.05, 3.63) is 0 Å². The van der Waals surface area contributed by atoms with Gasteiger partial charge in [-0.15, -0.1) is 0 Å². The molecule has 4 heteroatoms. The molecule has 4 nitrogen and oxygen atoms in total. The first-order valence-corrected chi connectivity index (χ1v) is 4.51. The second-order valence-corrected chi connectivity index (χ2v) is 3.88. The van der Waals surface area contributed by atoms with Gasteiger partial charge < -0.3 is 15.7 Å². The topological polar surface area (TPSA) is 66.6 Å². The zero-order chi connectivity index (χ0) is 10.6. The van der Waals surface area contributed by atoms with E-state index in [0.29, 0.717) is 6.42 Å². The number of rotatable bonds is 4. The van der Waals surface area contributed by atoms with Crippen LogP contribution >= 0.6 is 0 Å². The number of nitrogens with zero attached hydrogens (tertiary/aromatic N) is 1. The molecule has 3 N–H and O–H groups in total. The maximum absolute atomic E-state index is 11.6. The van der Waals surface area contributed by atoms with Crippen LogP contribution in [0.2, 0.25) is 0 Å². The van der Waals surface area contributed by atoms with Gasteiger partial charge in [0.2, 0.25) is 5.91 Å². The maximum atomic E-state index is 11.6. The minimum absolute atomic E-state index is 0.0638. The van der Waals surface area contributed by atoms with E-state index >= 15 is 0 Å². The highest BCUT2D eigenvalue weighted by Gasteiger charge is 2.29. The van der Waals surface area contributed by atoms with Gasteiger partial charge in [0.25, 0.3) is 0 Å². The summed E-state index contributed by atoms with van der Waals surface area (Å²) in [5.74, 6) is -0.124. The molecule has 0 aromatic heterocycles. The molecule has 1 amide bonds. The van der Waals surface area contributed by atoms with Gasteiger partial charge in [0.15, 0.2) is 0 Å². The predicted molar refractivity (Wildman–Crippen MR) is 52.2 cm³/mol. The zero-order valence-electron chi connectivity index (χ0n) is 8.87. The molecule has 0 aliphatic heterocycles. The minimum Gasteiger partial charge on any atom is -0.394 e. The fraction of sp³-hybridized carbons (Fsp3) is 0.889. The Morgan fingerprint density at radius 3 is 2.38 bits per heavy atom. The van der Waals surface area contributed by atoms with Crippen LogP contribution in [0.15, 0.2) is 0 Å². The third-order valence-corrected chi connectivity index (χ3v) is 2.38. The maximum Gasteiger partial charge on any atom is 0.239 e. The van der Waals surface area contributed by atoms with E-state index in [1.807, 2.05) is 6.92 Å². The van der Waals surface area contributed by atoms with E-state index in [2.05, 4.69) is 0 Å². The summed E-state index contributed by atoms with van der Waals surface area (Å²) in [7, 11) is 1.66. The van der Waals surface area contributed by atoms with Gasteiger partial charge in [0.05, 0.1) is 18.2 Å². The normalized spacial score (nSPS) is 14.0. The van der Waals surface area contributed by atoms with Crippen molar-refractivity contribution < 1.29 is 9.90 Å². The van der Waals surface area contributed by atoms with E-state index in [4.69, 9.17) is 10.8 Å². The van der Waals surface area contributed by atoms with Crippen molar-refractivity contribution in [3.63, 3.8) is 0 Å². The molecule has 0 fully saturated rings. The fourth-order valence-corrected chi connectivity index (χ4v) is 0.828. The van der Waals surface area contributed by atoms with Gasteiger partial charge in [-0.05, 0) is 20.3 Å². The summed E-state index contributed by atoms with van der Waals surface area (Å²) in [6, 6.07) is -0.462. The Labute approximate surface area is 79.7 Å². The quantitative estimate of drug-likeness (QED) is 0.650. The number of likely N-dealkylation sites (N-methyl/N-ethyl adjacent to an activating group) is 1. The molecule has 0 bridgehead atoms. The third kappa shape index (κ3) is 2.97. The molecule has 1 atom stereocenters. The number of aliphatic hydroxyl groups is 1. The second kappa shape index (κ2) is 4.58. The van der Waals surface area contributed by atoms with Crippen LogP contribution in [0.4, 0.5) is 0 Å². The molecule has 0 aromatic rings. The number of amides is 1. The summed E-state index contributed by atoms with van der Waals surface area (Å²) in [6.45, 7) is 5.40. The standard InChI is InChI=1S/C9H20N2O2/c1-5-7(10)8(13)11(4)9(2,3)6-12/h7,12H,5-6,10H2,1-4H3/t7-/m0/s1. The van der Waals surface area contributed by atoms with E-state index in [1.165, 1.54) is 4.90 Å². The summed E-state index contributed by atoms with van der Waals surface area (Å²) < 4.78 is 0. The number of hydrogen-bond donors (Lipinski definition) is 2. The summed E-state index contributed by atoms with van der Waals surface area (Å²) in [5.41, 5.74) is 5.06. The summed E-state index contributed by atoms with van der Waals surface area (Å²) in [6.07, 6.45) is 0.616. The van der Waals surface area contributed by atoms with Gasteiger partial charge in [-0.2, -0.15) is 0 Å². The largest absolute Gasteiger partial charge is 0.394 e. The third-order valence-electron chi connectivity index (χ3n) is 2.38. The predicted octanol–water partition coefficient (Wildman–Crippen LogP) is -0.0470. The lowest BCUT2D eigenvalue weighted by Crippen LogP contribution is -2.53. The Hall–Kier alpha value is -0.610. The Bertz CT molecular complexity index is 180. The first-order chi connectivity index (χ1) is 5.86. The lowest BCUT2D eigenvalue weighted by Gasteiger charge is -2.35. The molecule has 0 aliphatic rings. The minimum atomic E-state index is -0.538. The summed E-state index contributed by atoms with van der Waals surface area (Å²) in [4.78, 5) is 13.1. The van der Waals surface area contributed by atoms with Gasteiger partial charge >= 0.3 is 0 Å². The fourth-order valence-electron chi connectivity index (χ4n) is 0.828. The van der Waals surface area contributed by atoms with Crippen LogP contribution in [0, 0.1) is 0 Å². The average Bonchev–Trinajstić information content (AvgIpc) is 2.14. The Morgan fingerprint density at radius 1 is 1.62 bits per heavy atom. The van der Waals surface area contributed by atoms with Crippen molar-refractivity contribution in [1.29, 1.82) is 0 Å². The molecular formula is C9H20N2O2. The van der Waals surface area contributed by atoms with Crippen LogP contribution in [0.3, 0.4) is 0 Å². The van der Waals surface area contributed by atoms with Gasteiger partial charge in [-0.25, -0.2) is 0 Å². The van der Waals surface area contributed by atoms with Crippen LogP contribution in [-0.4, -0.2) is 41.1 Å². The van der Waals surface area contributed by atoms with Crippen molar-refractivity contribution >= 4 is 5.91 Å². The number of hydrogen-bond acceptors (Lipinski definition) is 3. The van der Waals surface area contributed by atoms with Gasteiger partial charge in [0.1, 0.15) is 0 Å². The smallest absolute Gasteiger partial charge is 0.239 e. The van der Waals surface area contributed by atoms with Gasteiger partial charge in [-0.3, -0.25) is 4.79 Å². The highest BCUT2D eigenvalue weighted by molar-refractivity contribution is 5.82. The van der Waals surface area contributed by atoms with Gasteiger partial charge in [0, 0.05) is 7.05 Å². The van der Waals surface area contributed by atoms with Gasteiger partial charge in [-0.1, -0.05) is 6.92 Å². The number of carbonyl (C=O) groups excluding carboxylic acids is 1. The Morgan fingerprint density at radius 2 is 2.08 bits per heavy atom. The van der Waals surface area contributed by atoms with E-state index in [0.717, 1.165) is 0 Å². The van der Waals surface area contributed by atoms with Crippen LogP contribution in [-0.2, 0) is 4.79 Å². The zero-order valence-corrected chi connectivity index (χ0v) is 8.87. The highest BCUT2D eigenvalue weighted by Crippen LogP contribution is 2.12. The van der Waals surface area contributed by atoms with Crippen LogP contribution < -0.4 is 5.73 Å². The molecule has 0 aliphatic carbocycles. The second-order valence-electron chi connectivity index (χ2n) is 3.88. The van der Waals surface area contributed by atoms with Crippen molar-refractivity contribution in [2.24, 2.45) is 5.73 Å². The van der Waals surface area contributed by atoms with Crippen molar-refractivity contribution in [2.45, 2.75) is 38.8 Å². The molecule has 0 rings (SSSR count). The van der Waals surface area contributed by atoms with E-state index in [-0.39, 0.29) is 12.5 Å². The average molecular weight is 188 g/mol. The molecule has 0 spiro atoms. The molecule has 0 heterocycles. The number of nitrogens with two attached hydrogens (primary N) is 1. The molecule has 0 saturated heterocycles. The molecule has 0 aromatic carbocycles. The Kier molecular flexibility index (Phi) is 4.36. The molecule has 13 heavy (non-hydrogen) atoms. The molecule has 0 radical (unpaired) electrons. The SMILES string of the molecule is CC[C@H](N)C(=O)N(C)C(C)(C)CO. The summed E-state index contributed by atoms with van der Waals surface area (Å²) >= 11 is 0. The lowest BCUT2D eigenvalue weighted by molar-refractivity contribution is -0.137. The van der Waals surface area contributed by atoms with E-state index in [1.54, 1.807) is 20.9 Å². The van der Waals surface area contributed by atoms with Crippen LogP contribution in [0.5, 0.6) is 0 Å². The molecule has 78 valence electrons. The van der Waals surface area contributed by atoms with Crippen molar-refractivity contribution in [2.75, 3.05) is 13.7 Å².